The van der Waals surface area contributed by atoms with Gasteiger partial charge in [-0.15, -0.1) is 11.3 Å². The van der Waals surface area contributed by atoms with Gasteiger partial charge in [-0.25, -0.2) is 13.8 Å². The summed E-state index contributed by atoms with van der Waals surface area (Å²) in [5.41, 5.74) is 2.88. The summed E-state index contributed by atoms with van der Waals surface area (Å²) in [7, 11) is 3.96. The van der Waals surface area contributed by atoms with Crippen molar-refractivity contribution in [1.29, 1.82) is 0 Å². The number of rotatable bonds is 5. The lowest BCUT2D eigenvalue weighted by atomic mass is 10.1. The summed E-state index contributed by atoms with van der Waals surface area (Å²) >= 11 is 0.795. The fourth-order valence-electron chi connectivity index (χ4n) is 3.48. The maximum Gasteiger partial charge on any atom is 0.272 e. The van der Waals surface area contributed by atoms with E-state index in [4.69, 9.17) is 0 Å². The number of likely N-dealkylation sites (N-methyl/N-ethyl adjacent to an activating group) is 1. The molecule has 9 heteroatoms. The highest BCUT2D eigenvalue weighted by atomic mass is 32.1. The average Bonchev–Trinajstić information content (AvgIpc) is 3.30. The van der Waals surface area contributed by atoms with Gasteiger partial charge >= 0.3 is 0 Å². The third-order valence-corrected chi connectivity index (χ3v) is 6.33. The predicted molar refractivity (Wildman–Crippen MR) is 111 cm³/mol. The second-order valence-electron chi connectivity index (χ2n) is 7.35. The molecule has 1 aliphatic rings. The van der Waals surface area contributed by atoms with Crippen LogP contribution in [-0.2, 0) is 13.6 Å². The molecule has 0 unspecified atom stereocenters. The zero-order valence-electron chi connectivity index (χ0n) is 16.4. The Bertz CT molecular complexity index is 1020. The zero-order valence-corrected chi connectivity index (χ0v) is 17.2. The number of benzene rings is 1. The average molecular weight is 420 g/mol. The number of halogens is 2. The van der Waals surface area contributed by atoms with Crippen LogP contribution < -0.4 is 5.32 Å². The number of aromatic nitrogens is 2. The molecule has 1 aromatic carbocycles. The van der Waals surface area contributed by atoms with Crippen molar-refractivity contribution < 1.29 is 13.6 Å². The fourth-order valence-corrected chi connectivity index (χ4v) is 4.23. The lowest BCUT2D eigenvalue weighted by molar-refractivity contribution is 0.102. The summed E-state index contributed by atoms with van der Waals surface area (Å²) in [4.78, 5) is 21.8. The number of piperazine rings is 1. The number of aryl methyl sites for hydroxylation is 1. The SMILES string of the molecule is CN1CCN(Cc2ccc3c(c2)nc(NC(=O)c2ccc(C(F)F)s2)n3C)CC1. The molecule has 154 valence electrons. The van der Waals surface area contributed by atoms with Crippen molar-refractivity contribution in [2.45, 2.75) is 13.0 Å². The number of nitrogens with zero attached hydrogens (tertiary/aromatic N) is 4. The normalized spacial score (nSPS) is 16.0. The van der Waals surface area contributed by atoms with Crippen LogP contribution in [0.2, 0.25) is 0 Å². The first kappa shape index (κ1) is 19.9. The van der Waals surface area contributed by atoms with Crippen LogP contribution in [0.1, 0.15) is 26.5 Å². The molecule has 3 heterocycles. The Morgan fingerprint density at radius 1 is 1.17 bits per heavy atom. The van der Waals surface area contributed by atoms with Crippen molar-refractivity contribution in [3.05, 3.63) is 45.6 Å². The molecule has 0 atom stereocenters. The monoisotopic (exact) mass is 419 g/mol. The highest BCUT2D eigenvalue weighted by Crippen LogP contribution is 2.28. The molecule has 1 amide bonds. The highest BCUT2D eigenvalue weighted by molar-refractivity contribution is 7.14. The minimum atomic E-state index is -2.57. The number of nitrogens with one attached hydrogen (secondary N) is 1. The first-order chi connectivity index (χ1) is 13.9. The van der Waals surface area contributed by atoms with Gasteiger partial charge in [0.05, 0.1) is 20.8 Å². The maximum absolute atomic E-state index is 12.8. The van der Waals surface area contributed by atoms with E-state index in [1.165, 1.54) is 17.7 Å². The Hall–Kier alpha value is -2.36. The van der Waals surface area contributed by atoms with Gasteiger partial charge in [-0.3, -0.25) is 15.0 Å². The second-order valence-corrected chi connectivity index (χ2v) is 8.47. The topological polar surface area (TPSA) is 53.4 Å². The summed E-state index contributed by atoms with van der Waals surface area (Å²) in [6.07, 6.45) is -2.57. The molecule has 6 nitrogen and oxygen atoms in total. The maximum atomic E-state index is 12.8. The van der Waals surface area contributed by atoms with Gasteiger partial charge < -0.3 is 9.47 Å². The molecule has 2 aromatic heterocycles. The summed E-state index contributed by atoms with van der Waals surface area (Å²) in [5, 5.41) is 2.74. The molecule has 0 aliphatic carbocycles. The van der Waals surface area contributed by atoms with Crippen molar-refractivity contribution in [2.24, 2.45) is 7.05 Å². The van der Waals surface area contributed by atoms with Crippen LogP contribution in [0, 0.1) is 0 Å². The van der Waals surface area contributed by atoms with E-state index in [1.807, 2.05) is 19.2 Å². The van der Waals surface area contributed by atoms with Crippen molar-refractivity contribution >= 4 is 34.2 Å². The minimum absolute atomic E-state index is 0.117. The molecule has 1 aliphatic heterocycles. The summed E-state index contributed by atoms with van der Waals surface area (Å²) in [5.74, 6) is -0.0355. The molecule has 1 saturated heterocycles. The van der Waals surface area contributed by atoms with E-state index in [2.05, 4.69) is 33.2 Å². The smallest absolute Gasteiger partial charge is 0.272 e. The van der Waals surface area contributed by atoms with Crippen molar-refractivity contribution in [3.63, 3.8) is 0 Å². The van der Waals surface area contributed by atoms with Gasteiger partial charge in [0.25, 0.3) is 12.3 Å². The Balaban J connectivity index is 1.50. The van der Waals surface area contributed by atoms with Crippen LogP contribution in [0.4, 0.5) is 14.7 Å². The van der Waals surface area contributed by atoms with Crippen LogP contribution in [-0.4, -0.2) is 58.5 Å². The standard InChI is InChI=1S/C20H23F2N5OS/c1-25-7-9-27(10-8-25)12-13-3-4-15-14(11-13)23-20(26(15)2)24-19(28)17-6-5-16(29-17)18(21)22/h3-6,11,18H,7-10,12H2,1-2H3,(H,23,24,28). The molecule has 1 N–H and O–H groups in total. The zero-order chi connectivity index (χ0) is 20.5. The molecule has 3 aromatic rings. The molecule has 0 saturated carbocycles. The van der Waals surface area contributed by atoms with Gasteiger partial charge in [0.15, 0.2) is 0 Å². The Morgan fingerprint density at radius 3 is 2.62 bits per heavy atom. The number of alkyl halides is 2. The Kier molecular flexibility index (Phi) is 5.62. The number of carbonyl (C=O) groups is 1. The van der Waals surface area contributed by atoms with Crippen molar-refractivity contribution in [1.82, 2.24) is 19.4 Å². The van der Waals surface area contributed by atoms with Gasteiger partial charge in [-0.05, 0) is 36.9 Å². The Labute approximate surface area is 171 Å². The van der Waals surface area contributed by atoms with Crippen LogP contribution in [0.25, 0.3) is 11.0 Å². The van der Waals surface area contributed by atoms with E-state index >= 15 is 0 Å². The van der Waals surface area contributed by atoms with E-state index in [-0.39, 0.29) is 9.75 Å². The van der Waals surface area contributed by atoms with Crippen LogP contribution >= 0.6 is 11.3 Å². The quantitative estimate of drug-likeness (QED) is 0.687. The molecule has 4 rings (SSSR count). The molecular formula is C20H23F2N5OS. The number of amides is 1. The van der Waals surface area contributed by atoms with Gasteiger partial charge in [0.1, 0.15) is 0 Å². The molecule has 29 heavy (non-hydrogen) atoms. The lowest BCUT2D eigenvalue weighted by Crippen LogP contribution is -2.43. The number of fused-ring (bicyclic) bond motifs is 1. The molecule has 1 fully saturated rings. The number of hydrogen-bond donors (Lipinski definition) is 1. The predicted octanol–water partition coefficient (Wildman–Crippen LogP) is 3.57. The number of imidazole rings is 1. The Morgan fingerprint density at radius 2 is 1.93 bits per heavy atom. The summed E-state index contributed by atoms with van der Waals surface area (Å²) in [6, 6.07) is 8.83. The van der Waals surface area contributed by atoms with E-state index in [1.54, 1.807) is 4.57 Å². The van der Waals surface area contributed by atoms with Gasteiger partial charge in [-0.2, -0.15) is 0 Å². The third kappa shape index (κ3) is 4.31. The van der Waals surface area contributed by atoms with E-state index in [0.29, 0.717) is 5.95 Å². The van der Waals surface area contributed by atoms with Gasteiger partial charge in [-0.1, -0.05) is 6.07 Å². The van der Waals surface area contributed by atoms with Crippen molar-refractivity contribution in [3.8, 4) is 0 Å². The first-order valence-electron chi connectivity index (χ1n) is 9.46. The fraction of sp³-hybridized carbons (Fsp3) is 0.400. The van der Waals surface area contributed by atoms with Crippen LogP contribution in [0.3, 0.4) is 0 Å². The van der Waals surface area contributed by atoms with Crippen molar-refractivity contribution in [2.75, 3.05) is 38.5 Å². The number of anilines is 1. The minimum Gasteiger partial charge on any atom is -0.313 e. The number of thiophene rings is 1. The lowest BCUT2D eigenvalue weighted by Gasteiger charge is -2.32. The second kappa shape index (κ2) is 8.17. The molecular weight excluding hydrogens is 396 g/mol. The van der Waals surface area contributed by atoms with Gasteiger partial charge in [0, 0.05) is 39.8 Å². The number of hydrogen-bond acceptors (Lipinski definition) is 5. The van der Waals surface area contributed by atoms with Crippen LogP contribution in [0.15, 0.2) is 30.3 Å². The van der Waals surface area contributed by atoms with Gasteiger partial charge in [0.2, 0.25) is 5.95 Å². The summed E-state index contributed by atoms with van der Waals surface area (Å²) < 4.78 is 27.3. The highest BCUT2D eigenvalue weighted by Gasteiger charge is 2.18. The van der Waals surface area contributed by atoms with E-state index < -0.39 is 12.3 Å². The summed E-state index contributed by atoms with van der Waals surface area (Å²) in [6.45, 7) is 5.09. The first-order valence-corrected chi connectivity index (χ1v) is 10.3. The number of carbonyl (C=O) groups excluding carboxylic acids is 1. The van der Waals surface area contributed by atoms with E-state index in [0.717, 1.165) is 55.1 Å². The molecule has 0 bridgehead atoms. The largest absolute Gasteiger partial charge is 0.313 e. The van der Waals surface area contributed by atoms with Crippen LogP contribution in [0.5, 0.6) is 0 Å². The molecule has 0 radical (unpaired) electrons. The third-order valence-electron chi connectivity index (χ3n) is 5.24. The molecule has 0 spiro atoms. The van der Waals surface area contributed by atoms with E-state index in [9.17, 15) is 13.6 Å².